The number of nitrogens with one attached hydrogen (secondary N) is 1. The standard InChI is InChI=1S/C14H15F2N5O3/c1-24-6-9-10(11(17)22)21-12(20-9)8(2-3-18-21)13(23)19-7-4-14(15,16)5-7/h2-3,7H,4-6H2,1H3,(H2,17,22)(H,19,23). The summed E-state index contributed by atoms with van der Waals surface area (Å²) in [5.41, 5.74) is 5.83. The van der Waals surface area contributed by atoms with E-state index in [4.69, 9.17) is 10.5 Å². The molecule has 10 heteroatoms. The Kier molecular flexibility index (Phi) is 3.91. The molecule has 2 aromatic rings. The van der Waals surface area contributed by atoms with Gasteiger partial charge in [0.2, 0.25) is 0 Å². The van der Waals surface area contributed by atoms with Crippen molar-refractivity contribution < 1.29 is 23.1 Å². The van der Waals surface area contributed by atoms with Gasteiger partial charge in [-0.25, -0.2) is 18.3 Å². The summed E-state index contributed by atoms with van der Waals surface area (Å²) in [6, 6.07) is 0.806. The fourth-order valence-corrected chi connectivity index (χ4v) is 2.68. The molecule has 8 nitrogen and oxygen atoms in total. The Morgan fingerprint density at radius 3 is 2.79 bits per heavy atom. The van der Waals surface area contributed by atoms with Gasteiger partial charge in [0.1, 0.15) is 5.69 Å². The molecule has 0 aliphatic heterocycles. The summed E-state index contributed by atoms with van der Waals surface area (Å²) in [5.74, 6) is -4.06. The van der Waals surface area contributed by atoms with Crippen LogP contribution in [0.4, 0.5) is 8.78 Å². The molecule has 128 valence electrons. The lowest BCUT2D eigenvalue weighted by molar-refractivity contribution is -0.0901. The first-order valence-electron chi connectivity index (χ1n) is 7.16. The Bertz CT molecular complexity index is 812. The number of halogens is 2. The molecule has 1 aliphatic carbocycles. The fourth-order valence-electron chi connectivity index (χ4n) is 2.68. The lowest BCUT2D eigenvalue weighted by Gasteiger charge is -2.35. The highest BCUT2D eigenvalue weighted by molar-refractivity contribution is 6.01. The highest BCUT2D eigenvalue weighted by Crippen LogP contribution is 2.37. The van der Waals surface area contributed by atoms with E-state index in [1.807, 2.05) is 0 Å². The molecule has 2 aromatic heterocycles. The molecule has 0 aromatic carbocycles. The molecular formula is C14H15F2N5O3. The Labute approximate surface area is 135 Å². The second kappa shape index (κ2) is 5.78. The maximum Gasteiger partial charge on any atom is 0.269 e. The van der Waals surface area contributed by atoms with E-state index in [0.717, 1.165) is 4.52 Å². The average Bonchev–Trinajstić information content (AvgIpc) is 2.83. The first-order valence-corrected chi connectivity index (χ1v) is 7.16. The number of carbonyl (C=O) groups is 2. The van der Waals surface area contributed by atoms with Crippen molar-refractivity contribution in [3.63, 3.8) is 0 Å². The van der Waals surface area contributed by atoms with E-state index >= 15 is 0 Å². The molecule has 0 unspecified atom stereocenters. The highest BCUT2D eigenvalue weighted by atomic mass is 19.3. The third-order valence-electron chi connectivity index (χ3n) is 3.78. The van der Waals surface area contributed by atoms with Crippen LogP contribution in [-0.4, -0.2) is 45.5 Å². The van der Waals surface area contributed by atoms with Crippen LogP contribution in [0, 0.1) is 0 Å². The molecule has 0 radical (unpaired) electrons. The molecule has 0 bridgehead atoms. The minimum atomic E-state index is -2.73. The zero-order valence-corrected chi connectivity index (χ0v) is 12.8. The molecular weight excluding hydrogens is 324 g/mol. The van der Waals surface area contributed by atoms with E-state index in [9.17, 15) is 18.4 Å². The van der Waals surface area contributed by atoms with Crippen molar-refractivity contribution in [2.75, 3.05) is 7.11 Å². The van der Waals surface area contributed by atoms with Crippen LogP contribution < -0.4 is 11.1 Å². The summed E-state index contributed by atoms with van der Waals surface area (Å²) in [4.78, 5) is 28.2. The Morgan fingerprint density at radius 1 is 1.50 bits per heavy atom. The Morgan fingerprint density at radius 2 is 2.21 bits per heavy atom. The smallest absolute Gasteiger partial charge is 0.269 e. The summed E-state index contributed by atoms with van der Waals surface area (Å²) in [7, 11) is 1.42. The largest absolute Gasteiger partial charge is 0.378 e. The second-order valence-electron chi connectivity index (χ2n) is 5.62. The topological polar surface area (TPSA) is 112 Å². The summed E-state index contributed by atoms with van der Waals surface area (Å²) < 4.78 is 31.9. The molecule has 1 fully saturated rings. The molecule has 0 atom stereocenters. The monoisotopic (exact) mass is 339 g/mol. The van der Waals surface area contributed by atoms with E-state index in [-0.39, 0.29) is 29.2 Å². The molecule has 2 heterocycles. The van der Waals surface area contributed by atoms with Crippen LogP contribution in [0.25, 0.3) is 5.65 Å². The quantitative estimate of drug-likeness (QED) is 0.824. The van der Waals surface area contributed by atoms with Gasteiger partial charge >= 0.3 is 0 Å². The molecule has 3 rings (SSSR count). The second-order valence-corrected chi connectivity index (χ2v) is 5.62. The SMILES string of the molecule is COCc1nc2c(C(=O)NC3CC(F)(F)C3)ccnn2c1C(N)=O. The number of nitrogens with two attached hydrogens (primary N) is 1. The lowest BCUT2D eigenvalue weighted by atomic mass is 9.88. The third kappa shape index (κ3) is 2.80. The predicted molar refractivity (Wildman–Crippen MR) is 77.7 cm³/mol. The van der Waals surface area contributed by atoms with Crippen LogP contribution in [0.5, 0.6) is 0 Å². The number of primary amides is 1. The number of methoxy groups -OCH3 is 1. The number of nitrogens with zero attached hydrogens (tertiary/aromatic N) is 3. The summed E-state index contributed by atoms with van der Waals surface area (Å²) in [6.07, 6.45) is 0.522. The zero-order valence-electron chi connectivity index (χ0n) is 12.8. The van der Waals surface area contributed by atoms with Gasteiger partial charge in [-0.3, -0.25) is 9.59 Å². The normalized spacial score (nSPS) is 16.8. The van der Waals surface area contributed by atoms with Gasteiger partial charge in [-0.15, -0.1) is 0 Å². The summed E-state index contributed by atoms with van der Waals surface area (Å²) in [6.45, 7) is 0.0114. The van der Waals surface area contributed by atoms with E-state index < -0.39 is 36.6 Å². The average molecular weight is 339 g/mol. The maximum absolute atomic E-state index is 12.9. The number of carbonyl (C=O) groups excluding carboxylic acids is 2. The van der Waals surface area contributed by atoms with E-state index in [2.05, 4.69) is 15.4 Å². The van der Waals surface area contributed by atoms with Crippen LogP contribution in [-0.2, 0) is 11.3 Å². The minimum absolute atomic E-state index is 0.0108. The number of aromatic nitrogens is 3. The number of fused-ring (bicyclic) bond motifs is 1. The number of rotatable bonds is 5. The van der Waals surface area contributed by atoms with E-state index in [1.54, 1.807) is 0 Å². The third-order valence-corrected chi connectivity index (χ3v) is 3.78. The van der Waals surface area contributed by atoms with E-state index in [1.165, 1.54) is 19.4 Å². The van der Waals surface area contributed by atoms with Gasteiger partial charge in [0.05, 0.1) is 12.2 Å². The Balaban J connectivity index is 1.95. The van der Waals surface area contributed by atoms with Gasteiger partial charge in [-0.2, -0.15) is 5.10 Å². The molecule has 24 heavy (non-hydrogen) atoms. The van der Waals surface area contributed by atoms with Gasteiger partial charge in [-0.1, -0.05) is 0 Å². The van der Waals surface area contributed by atoms with Crippen LogP contribution in [0.3, 0.4) is 0 Å². The van der Waals surface area contributed by atoms with Crippen LogP contribution >= 0.6 is 0 Å². The van der Waals surface area contributed by atoms with Crippen molar-refractivity contribution in [3.8, 4) is 0 Å². The van der Waals surface area contributed by atoms with Crippen molar-refractivity contribution in [3.05, 3.63) is 29.2 Å². The van der Waals surface area contributed by atoms with E-state index in [0.29, 0.717) is 0 Å². The number of hydrogen-bond acceptors (Lipinski definition) is 5. The number of hydrogen-bond donors (Lipinski definition) is 2. The molecule has 2 amide bonds. The van der Waals surface area contributed by atoms with Crippen molar-refractivity contribution >= 4 is 17.5 Å². The first kappa shape index (κ1) is 16.2. The summed E-state index contributed by atoms with van der Waals surface area (Å²) >= 11 is 0. The Hall–Kier alpha value is -2.62. The molecule has 3 N–H and O–H groups in total. The van der Waals surface area contributed by atoms with Gasteiger partial charge in [-0.05, 0) is 6.07 Å². The molecule has 0 spiro atoms. The number of imidazole rings is 1. The van der Waals surface area contributed by atoms with Gasteiger partial charge < -0.3 is 15.8 Å². The number of ether oxygens (including phenoxy) is 1. The number of alkyl halides is 2. The summed E-state index contributed by atoms with van der Waals surface area (Å²) in [5, 5.41) is 6.51. The molecule has 1 saturated carbocycles. The van der Waals surface area contributed by atoms with Crippen molar-refractivity contribution in [2.24, 2.45) is 5.73 Å². The van der Waals surface area contributed by atoms with Gasteiger partial charge in [0, 0.05) is 32.2 Å². The fraction of sp³-hybridized carbons (Fsp3) is 0.429. The van der Waals surface area contributed by atoms with Crippen molar-refractivity contribution in [1.82, 2.24) is 19.9 Å². The van der Waals surface area contributed by atoms with Crippen molar-refractivity contribution in [1.29, 1.82) is 0 Å². The van der Waals surface area contributed by atoms with Gasteiger partial charge in [0.25, 0.3) is 17.7 Å². The minimum Gasteiger partial charge on any atom is -0.378 e. The first-order chi connectivity index (χ1) is 11.3. The molecule has 1 aliphatic rings. The highest BCUT2D eigenvalue weighted by Gasteiger charge is 2.46. The zero-order chi connectivity index (χ0) is 17.5. The van der Waals surface area contributed by atoms with Gasteiger partial charge in [0.15, 0.2) is 11.3 Å². The van der Waals surface area contributed by atoms with Crippen LogP contribution in [0.2, 0.25) is 0 Å². The lowest BCUT2D eigenvalue weighted by Crippen LogP contribution is -2.50. The van der Waals surface area contributed by atoms with Crippen molar-refractivity contribution in [2.45, 2.75) is 31.4 Å². The number of amides is 2. The predicted octanol–water partition coefficient (Wildman–Crippen LogP) is 0.502. The van der Waals surface area contributed by atoms with Crippen LogP contribution in [0.15, 0.2) is 12.3 Å². The maximum atomic E-state index is 12.9. The van der Waals surface area contributed by atoms with Crippen LogP contribution in [0.1, 0.15) is 39.4 Å². The molecule has 0 saturated heterocycles.